The molecule has 1 unspecified atom stereocenters. The van der Waals surface area contributed by atoms with Gasteiger partial charge in [-0.3, -0.25) is 4.79 Å². The Kier molecular flexibility index (Phi) is 4.72. The van der Waals surface area contributed by atoms with Crippen LogP contribution in [0.25, 0.3) is 0 Å². The topological polar surface area (TPSA) is 55.0 Å². The SMILES string of the molecule is COC(c1nc(C(C)C)c(Br)c(=O)[nH]1)C(C)(C)C. The predicted octanol–water partition coefficient (Wildman–Crippen LogP) is 3.39. The van der Waals surface area contributed by atoms with Gasteiger partial charge >= 0.3 is 0 Å². The molecule has 0 aliphatic carbocycles. The van der Waals surface area contributed by atoms with E-state index in [4.69, 9.17) is 4.74 Å². The molecule has 5 heteroatoms. The fourth-order valence-electron chi connectivity index (χ4n) is 1.88. The summed E-state index contributed by atoms with van der Waals surface area (Å²) in [6.07, 6.45) is -0.240. The maximum absolute atomic E-state index is 11.9. The number of halogens is 1. The summed E-state index contributed by atoms with van der Waals surface area (Å²) >= 11 is 3.29. The van der Waals surface area contributed by atoms with E-state index in [0.717, 1.165) is 5.69 Å². The number of methoxy groups -OCH3 is 1. The van der Waals surface area contributed by atoms with Crippen molar-refractivity contribution in [1.29, 1.82) is 0 Å². The fraction of sp³-hybridized carbons (Fsp3) is 0.692. The Bertz CT molecular complexity index is 475. The second-order valence-electron chi connectivity index (χ2n) is 5.79. The number of aromatic amines is 1. The Morgan fingerprint density at radius 3 is 2.28 bits per heavy atom. The van der Waals surface area contributed by atoms with Gasteiger partial charge in [-0.15, -0.1) is 0 Å². The van der Waals surface area contributed by atoms with Crippen LogP contribution in [0.5, 0.6) is 0 Å². The second-order valence-corrected chi connectivity index (χ2v) is 6.58. The smallest absolute Gasteiger partial charge is 0.265 e. The quantitative estimate of drug-likeness (QED) is 0.930. The summed E-state index contributed by atoms with van der Waals surface area (Å²) < 4.78 is 5.99. The highest BCUT2D eigenvalue weighted by Gasteiger charge is 2.29. The van der Waals surface area contributed by atoms with E-state index in [-0.39, 0.29) is 23.0 Å². The van der Waals surface area contributed by atoms with Gasteiger partial charge in [-0.05, 0) is 27.3 Å². The van der Waals surface area contributed by atoms with Gasteiger partial charge in [0.1, 0.15) is 16.4 Å². The van der Waals surface area contributed by atoms with Gasteiger partial charge in [0.2, 0.25) is 0 Å². The summed E-state index contributed by atoms with van der Waals surface area (Å²) in [6, 6.07) is 0. The van der Waals surface area contributed by atoms with Crippen LogP contribution in [0.2, 0.25) is 0 Å². The number of H-pyrrole nitrogens is 1. The van der Waals surface area contributed by atoms with E-state index in [2.05, 4.69) is 46.7 Å². The summed E-state index contributed by atoms with van der Waals surface area (Å²) in [5, 5.41) is 0. The highest BCUT2D eigenvalue weighted by molar-refractivity contribution is 9.10. The van der Waals surface area contributed by atoms with Gasteiger partial charge in [-0.1, -0.05) is 34.6 Å². The molecule has 0 saturated heterocycles. The van der Waals surface area contributed by atoms with Gasteiger partial charge in [-0.25, -0.2) is 4.98 Å². The average molecular weight is 317 g/mol. The minimum absolute atomic E-state index is 0.132. The molecule has 0 amide bonds. The lowest BCUT2D eigenvalue weighted by molar-refractivity contribution is 0.00826. The highest BCUT2D eigenvalue weighted by Crippen LogP contribution is 2.34. The first-order valence-corrected chi connectivity index (χ1v) is 6.80. The molecule has 1 rings (SSSR count). The Labute approximate surface area is 116 Å². The zero-order valence-electron chi connectivity index (χ0n) is 11.8. The summed E-state index contributed by atoms with van der Waals surface area (Å²) in [4.78, 5) is 19.2. The largest absolute Gasteiger partial charge is 0.373 e. The monoisotopic (exact) mass is 316 g/mol. The number of nitrogens with zero attached hydrogens (tertiary/aromatic N) is 1. The molecule has 0 saturated carbocycles. The third-order valence-electron chi connectivity index (χ3n) is 2.72. The highest BCUT2D eigenvalue weighted by atomic mass is 79.9. The van der Waals surface area contributed by atoms with Gasteiger partial charge in [0.25, 0.3) is 5.56 Å². The zero-order chi connectivity index (χ0) is 14.1. The number of rotatable bonds is 3. The summed E-state index contributed by atoms with van der Waals surface area (Å²) in [7, 11) is 1.63. The summed E-state index contributed by atoms with van der Waals surface area (Å²) in [6.45, 7) is 10.2. The number of ether oxygens (including phenoxy) is 1. The average Bonchev–Trinajstić information content (AvgIpc) is 2.21. The predicted molar refractivity (Wildman–Crippen MR) is 75.9 cm³/mol. The van der Waals surface area contributed by atoms with Crippen LogP contribution >= 0.6 is 15.9 Å². The van der Waals surface area contributed by atoms with Gasteiger partial charge < -0.3 is 9.72 Å². The van der Waals surface area contributed by atoms with Crippen molar-refractivity contribution in [3.8, 4) is 0 Å². The number of hydrogen-bond donors (Lipinski definition) is 1. The van der Waals surface area contributed by atoms with Gasteiger partial charge in [0, 0.05) is 7.11 Å². The van der Waals surface area contributed by atoms with Crippen LogP contribution in [-0.4, -0.2) is 17.1 Å². The Morgan fingerprint density at radius 1 is 1.33 bits per heavy atom. The Hall–Kier alpha value is -0.680. The molecule has 0 bridgehead atoms. The first-order valence-electron chi connectivity index (χ1n) is 6.00. The minimum atomic E-state index is -0.240. The molecule has 1 N–H and O–H groups in total. The van der Waals surface area contributed by atoms with Crippen molar-refractivity contribution in [3.05, 3.63) is 26.3 Å². The van der Waals surface area contributed by atoms with E-state index >= 15 is 0 Å². The van der Waals surface area contributed by atoms with E-state index in [9.17, 15) is 4.79 Å². The maximum atomic E-state index is 11.9. The number of aromatic nitrogens is 2. The van der Waals surface area contributed by atoms with Crippen LogP contribution in [0.1, 0.15) is 58.2 Å². The van der Waals surface area contributed by atoms with E-state index in [1.165, 1.54) is 0 Å². The van der Waals surface area contributed by atoms with Crippen molar-refractivity contribution in [2.45, 2.75) is 46.6 Å². The van der Waals surface area contributed by atoms with Crippen molar-refractivity contribution in [1.82, 2.24) is 9.97 Å². The van der Waals surface area contributed by atoms with Crippen molar-refractivity contribution in [2.75, 3.05) is 7.11 Å². The molecule has 1 heterocycles. The lowest BCUT2D eigenvalue weighted by atomic mass is 9.88. The van der Waals surface area contributed by atoms with Gasteiger partial charge in [0.15, 0.2) is 0 Å². The molecule has 0 radical (unpaired) electrons. The molecule has 18 heavy (non-hydrogen) atoms. The molecule has 0 aromatic carbocycles. The molecule has 1 atom stereocenters. The molecular formula is C13H21BrN2O2. The lowest BCUT2D eigenvalue weighted by Crippen LogP contribution is -2.26. The lowest BCUT2D eigenvalue weighted by Gasteiger charge is -2.28. The summed E-state index contributed by atoms with van der Waals surface area (Å²) in [5.41, 5.74) is 0.474. The normalized spacial score (nSPS) is 14.0. The maximum Gasteiger partial charge on any atom is 0.265 e. The molecule has 1 aromatic heterocycles. The van der Waals surface area contributed by atoms with Gasteiger partial charge in [0.05, 0.1) is 5.69 Å². The van der Waals surface area contributed by atoms with Crippen molar-refractivity contribution in [3.63, 3.8) is 0 Å². The van der Waals surface area contributed by atoms with Crippen LogP contribution in [0.3, 0.4) is 0 Å². The molecule has 0 aliphatic rings. The van der Waals surface area contributed by atoms with Crippen molar-refractivity contribution < 1.29 is 4.74 Å². The van der Waals surface area contributed by atoms with Crippen LogP contribution in [0.4, 0.5) is 0 Å². The molecule has 0 aliphatic heterocycles. The molecular weight excluding hydrogens is 296 g/mol. The van der Waals surface area contributed by atoms with Crippen molar-refractivity contribution >= 4 is 15.9 Å². The Balaban J connectivity index is 3.38. The second kappa shape index (κ2) is 5.53. The minimum Gasteiger partial charge on any atom is -0.373 e. The first kappa shape index (κ1) is 15.4. The van der Waals surface area contributed by atoms with E-state index < -0.39 is 0 Å². The van der Waals surface area contributed by atoms with Crippen LogP contribution < -0.4 is 5.56 Å². The molecule has 1 aromatic rings. The standard InChI is InChI=1S/C13H21BrN2O2/c1-7(2)9-8(14)12(17)16-11(15-9)10(18-6)13(3,4)5/h7,10H,1-6H3,(H,15,16,17). The van der Waals surface area contributed by atoms with Crippen molar-refractivity contribution in [2.24, 2.45) is 5.41 Å². The number of nitrogens with one attached hydrogen (secondary N) is 1. The molecule has 102 valence electrons. The van der Waals surface area contributed by atoms with Crippen LogP contribution in [-0.2, 0) is 4.74 Å². The van der Waals surface area contributed by atoms with Gasteiger partial charge in [-0.2, -0.15) is 0 Å². The van der Waals surface area contributed by atoms with Crippen LogP contribution in [0, 0.1) is 5.41 Å². The summed E-state index contributed by atoms with van der Waals surface area (Å²) in [5.74, 6) is 0.764. The third kappa shape index (κ3) is 3.20. The molecule has 0 fully saturated rings. The number of hydrogen-bond acceptors (Lipinski definition) is 3. The Morgan fingerprint density at radius 2 is 1.89 bits per heavy atom. The van der Waals surface area contributed by atoms with E-state index in [1.54, 1.807) is 7.11 Å². The first-order chi connectivity index (χ1) is 8.18. The van der Waals surface area contributed by atoms with Crippen LogP contribution in [0.15, 0.2) is 9.27 Å². The zero-order valence-corrected chi connectivity index (χ0v) is 13.4. The molecule has 0 spiro atoms. The third-order valence-corrected chi connectivity index (χ3v) is 3.49. The van der Waals surface area contributed by atoms with E-state index in [1.807, 2.05) is 13.8 Å². The van der Waals surface area contributed by atoms with E-state index in [0.29, 0.717) is 10.3 Å². The fourth-order valence-corrected chi connectivity index (χ4v) is 2.52. The molecule has 4 nitrogen and oxygen atoms in total.